The number of nitrogens with two attached hydrogens (primary N) is 1. The number of hydrogen-bond acceptors (Lipinski definition) is 4. The van der Waals surface area contributed by atoms with Crippen LogP contribution in [0.5, 0.6) is 0 Å². The lowest BCUT2D eigenvalue weighted by molar-refractivity contribution is -0.148. The van der Waals surface area contributed by atoms with Crippen LogP contribution in [0.1, 0.15) is 18.4 Å². The quantitative estimate of drug-likeness (QED) is 0.708. The van der Waals surface area contributed by atoms with Crippen LogP contribution in [-0.4, -0.2) is 51.7 Å². The number of β-amino-alcohol motifs (C(OH)–C–C–N with tert-alkyl or cyclic N) is 1. The monoisotopic (exact) mass is 292 g/mol. The van der Waals surface area contributed by atoms with Crippen molar-refractivity contribution in [1.82, 2.24) is 4.90 Å². The molecule has 6 nitrogen and oxygen atoms in total. The molecule has 1 aliphatic heterocycles. The van der Waals surface area contributed by atoms with E-state index in [0.29, 0.717) is 12.8 Å². The summed E-state index contributed by atoms with van der Waals surface area (Å²) in [6.45, 7) is 0.0365. The van der Waals surface area contributed by atoms with E-state index in [9.17, 15) is 14.7 Å². The van der Waals surface area contributed by atoms with E-state index in [1.165, 1.54) is 4.90 Å². The molecule has 1 aromatic rings. The highest BCUT2D eigenvalue weighted by Crippen LogP contribution is 2.19. The Kier molecular flexibility index (Phi) is 4.93. The first kappa shape index (κ1) is 15.5. The fourth-order valence-electron chi connectivity index (χ4n) is 2.59. The summed E-state index contributed by atoms with van der Waals surface area (Å²) in [6, 6.07) is 7.93. The van der Waals surface area contributed by atoms with E-state index in [2.05, 4.69) is 0 Å². The van der Waals surface area contributed by atoms with Crippen molar-refractivity contribution in [2.24, 2.45) is 5.73 Å². The Morgan fingerprint density at radius 3 is 2.62 bits per heavy atom. The van der Waals surface area contributed by atoms with Crippen molar-refractivity contribution in [3.63, 3.8) is 0 Å². The number of aliphatic carboxylic acids is 1. The van der Waals surface area contributed by atoms with Crippen molar-refractivity contribution in [3.8, 4) is 0 Å². The number of hydrogen-bond donors (Lipinski definition) is 3. The van der Waals surface area contributed by atoms with Crippen LogP contribution in [0, 0.1) is 0 Å². The van der Waals surface area contributed by atoms with Gasteiger partial charge in [0.25, 0.3) is 0 Å². The van der Waals surface area contributed by atoms with Crippen LogP contribution < -0.4 is 5.73 Å². The van der Waals surface area contributed by atoms with Gasteiger partial charge in [-0.2, -0.15) is 0 Å². The van der Waals surface area contributed by atoms with Gasteiger partial charge in [-0.15, -0.1) is 0 Å². The van der Waals surface area contributed by atoms with Gasteiger partial charge in [-0.05, 0) is 18.4 Å². The van der Waals surface area contributed by atoms with E-state index in [1.54, 1.807) is 0 Å². The van der Waals surface area contributed by atoms with Gasteiger partial charge < -0.3 is 20.8 Å². The second-order valence-corrected chi connectivity index (χ2v) is 5.36. The number of nitrogens with zero attached hydrogens (tertiary/aromatic N) is 1. The van der Waals surface area contributed by atoms with Crippen LogP contribution in [0.2, 0.25) is 0 Å². The lowest BCUT2D eigenvalue weighted by Gasteiger charge is -2.24. The minimum absolute atomic E-state index is 0.0365. The van der Waals surface area contributed by atoms with E-state index in [-0.39, 0.29) is 13.0 Å². The molecule has 0 saturated carbocycles. The molecule has 0 spiro atoms. The Bertz CT molecular complexity index is 506. The van der Waals surface area contributed by atoms with Crippen molar-refractivity contribution in [2.45, 2.75) is 37.5 Å². The zero-order valence-electron chi connectivity index (χ0n) is 11.7. The van der Waals surface area contributed by atoms with Gasteiger partial charge in [-0.3, -0.25) is 4.79 Å². The molecule has 1 aromatic carbocycles. The first-order valence-electron chi connectivity index (χ1n) is 7.00. The number of carboxylic acids is 1. The summed E-state index contributed by atoms with van der Waals surface area (Å²) >= 11 is 0. The van der Waals surface area contributed by atoms with Crippen LogP contribution >= 0.6 is 0 Å². The van der Waals surface area contributed by atoms with Crippen molar-refractivity contribution >= 4 is 11.9 Å². The number of amides is 1. The highest BCUT2D eigenvalue weighted by atomic mass is 16.4. The molecule has 1 amide bonds. The fourth-order valence-corrected chi connectivity index (χ4v) is 2.59. The van der Waals surface area contributed by atoms with Crippen LogP contribution in [0.3, 0.4) is 0 Å². The molecule has 6 heteroatoms. The standard InChI is InChI=1S/C15H20N2O4/c16-12(7-6-10-4-2-1-3-5-10)14(19)17-9-11(18)8-13(17)15(20)21/h1-5,11-13,18H,6-9,16H2,(H,20,21)/t11?,12?,13-/m0/s1. The van der Waals surface area contributed by atoms with E-state index in [1.807, 2.05) is 30.3 Å². The molecular weight excluding hydrogens is 272 g/mol. The first-order chi connectivity index (χ1) is 9.99. The van der Waals surface area contributed by atoms with Crippen molar-refractivity contribution in [3.05, 3.63) is 35.9 Å². The Balaban J connectivity index is 1.94. The third kappa shape index (κ3) is 3.80. The van der Waals surface area contributed by atoms with Gasteiger partial charge >= 0.3 is 5.97 Å². The number of benzene rings is 1. The van der Waals surface area contributed by atoms with Gasteiger partial charge in [0, 0.05) is 13.0 Å². The fraction of sp³-hybridized carbons (Fsp3) is 0.467. The number of carbonyl (C=O) groups is 2. The predicted octanol–water partition coefficient (Wildman–Crippen LogP) is -0.00710. The number of likely N-dealkylation sites (tertiary alicyclic amines) is 1. The Hall–Kier alpha value is -1.92. The zero-order chi connectivity index (χ0) is 15.4. The molecule has 3 atom stereocenters. The van der Waals surface area contributed by atoms with Gasteiger partial charge in [-0.25, -0.2) is 4.79 Å². The molecule has 0 aromatic heterocycles. The second kappa shape index (κ2) is 6.69. The number of aliphatic hydroxyl groups is 1. The SMILES string of the molecule is NC(CCc1ccccc1)C(=O)N1CC(O)C[C@H]1C(=O)O. The van der Waals surface area contributed by atoms with Gasteiger partial charge in [0.2, 0.25) is 5.91 Å². The zero-order valence-corrected chi connectivity index (χ0v) is 11.7. The molecule has 1 heterocycles. The summed E-state index contributed by atoms with van der Waals surface area (Å²) < 4.78 is 0. The predicted molar refractivity (Wildman–Crippen MR) is 76.5 cm³/mol. The molecular formula is C15H20N2O4. The Morgan fingerprint density at radius 1 is 1.33 bits per heavy atom. The topological polar surface area (TPSA) is 104 Å². The molecule has 0 bridgehead atoms. The number of aryl methyl sites for hydroxylation is 1. The highest BCUT2D eigenvalue weighted by Gasteiger charge is 2.40. The molecule has 0 radical (unpaired) electrons. The van der Waals surface area contributed by atoms with Gasteiger partial charge in [0.15, 0.2) is 0 Å². The third-order valence-corrected chi connectivity index (χ3v) is 3.75. The molecule has 2 unspecified atom stereocenters. The van der Waals surface area contributed by atoms with Crippen LogP contribution in [0.4, 0.5) is 0 Å². The molecule has 1 aliphatic rings. The van der Waals surface area contributed by atoms with Crippen LogP contribution in [-0.2, 0) is 16.0 Å². The van der Waals surface area contributed by atoms with Gasteiger partial charge in [0.05, 0.1) is 12.1 Å². The smallest absolute Gasteiger partial charge is 0.326 e. The van der Waals surface area contributed by atoms with Gasteiger partial charge in [0.1, 0.15) is 6.04 Å². The van der Waals surface area contributed by atoms with Crippen LogP contribution in [0.15, 0.2) is 30.3 Å². The summed E-state index contributed by atoms with van der Waals surface area (Å²) in [5, 5.41) is 18.7. The van der Waals surface area contributed by atoms with Crippen molar-refractivity contribution in [1.29, 1.82) is 0 Å². The summed E-state index contributed by atoms with van der Waals surface area (Å²) in [5.74, 6) is -1.51. The summed E-state index contributed by atoms with van der Waals surface area (Å²) in [5.41, 5.74) is 6.97. The normalized spacial score (nSPS) is 23.0. The molecule has 0 aliphatic carbocycles. The summed E-state index contributed by atoms with van der Waals surface area (Å²) in [4.78, 5) is 24.6. The first-order valence-corrected chi connectivity index (χ1v) is 7.00. The molecule has 1 saturated heterocycles. The largest absolute Gasteiger partial charge is 0.480 e. The Morgan fingerprint density at radius 2 is 2.00 bits per heavy atom. The molecule has 114 valence electrons. The van der Waals surface area contributed by atoms with Crippen LogP contribution in [0.25, 0.3) is 0 Å². The lowest BCUT2D eigenvalue weighted by Crippen LogP contribution is -2.48. The summed E-state index contributed by atoms with van der Waals surface area (Å²) in [7, 11) is 0. The third-order valence-electron chi connectivity index (χ3n) is 3.75. The van der Waals surface area contributed by atoms with Crippen molar-refractivity contribution < 1.29 is 19.8 Å². The van der Waals surface area contributed by atoms with Crippen molar-refractivity contribution in [2.75, 3.05) is 6.54 Å². The second-order valence-electron chi connectivity index (χ2n) is 5.36. The lowest BCUT2D eigenvalue weighted by atomic mass is 10.0. The van der Waals surface area contributed by atoms with E-state index in [4.69, 9.17) is 10.8 Å². The molecule has 1 fully saturated rings. The van der Waals surface area contributed by atoms with E-state index in [0.717, 1.165) is 5.56 Å². The Labute approximate surface area is 123 Å². The maximum atomic E-state index is 12.3. The van der Waals surface area contributed by atoms with E-state index >= 15 is 0 Å². The number of aliphatic hydroxyl groups excluding tert-OH is 1. The number of rotatable bonds is 5. The minimum atomic E-state index is -1.10. The van der Waals surface area contributed by atoms with E-state index < -0.39 is 30.1 Å². The average molecular weight is 292 g/mol. The summed E-state index contributed by atoms with van der Waals surface area (Å²) in [6.07, 6.45) is 0.368. The average Bonchev–Trinajstić information content (AvgIpc) is 2.87. The molecule has 21 heavy (non-hydrogen) atoms. The maximum Gasteiger partial charge on any atom is 0.326 e. The maximum absolute atomic E-state index is 12.3. The molecule has 4 N–H and O–H groups in total. The number of carboxylic acid groups (broad SMARTS) is 1. The highest BCUT2D eigenvalue weighted by molar-refractivity contribution is 5.87. The number of carbonyl (C=O) groups excluding carboxylic acids is 1. The van der Waals surface area contributed by atoms with Gasteiger partial charge in [-0.1, -0.05) is 30.3 Å². The minimum Gasteiger partial charge on any atom is -0.480 e. The molecule has 2 rings (SSSR count).